The van der Waals surface area contributed by atoms with Crippen molar-refractivity contribution in [2.24, 2.45) is 5.73 Å². The van der Waals surface area contributed by atoms with Crippen LogP contribution in [0.5, 0.6) is 0 Å². The van der Waals surface area contributed by atoms with Crippen LogP contribution in [0, 0.1) is 6.92 Å². The summed E-state index contributed by atoms with van der Waals surface area (Å²) in [4.78, 5) is 4.96. The Morgan fingerprint density at radius 2 is 1.90 bits per heavy atom. The molecule has 2 N–H and O–H groups in total. The molecule has 3 heteroatoms. The minimum Gasteiger partial charge on any atom is -0.365 e. The molecule has 3 nitrogen and oxygen atoms in total. The number of nitrogens with two attached hydrogens (primary N) is 1. The van der Waals surface area contributed by atoms with E-state index < -0.39 is 0 Å². The Morgan fingerprint density at radius 1 is 1.20 bits per heavy atom. The molecule has 0 radical (unpaired) electrons. The molecule has 0 bridgehead atoms. The van der Waals surface area contributed by atoms with E-state index in [9.17, 15) is 0 Å². The van der Waals surface area contributed by atoms with Crippen LogP contribution in [0.1, 0.15) is 31.7 Å². The Hall–Kier alpha value is -1.06. The number of rotatable bonds is 4. The molecule has 1 aliphatic rings. The second-order valence-corrected chi connectivity index (χ2v) is 6.17. The zero-order chi connectivity index (χ0) is 14.6. The van der Waals surface area contributed by atoms with Crippen LogP contribution in [0.2, 0.25) is 0 Å². The highest BCUT2D eigenvalue weighted by Gasteiger charge is 2.36. The van der Waals surface area contributed by atoms with Gasteiger partial charge in [-0.25, -0.2) is 0 Å². The molecule has 0 aliphatic carbocycles. The van der Waals surface area contributed by atoms with E-state index in [0.717, 1.165) is 26.1 Å². The molecular formula is C17H29N3. The van der Waals surface area contributed by atoms with Crippen molar-refractivity contribution < 1.29 is 0 Å². The molecule has 0 aromatic heterocycles. The van der Waals surface area contributed by atoms with Gasteiger partial charge < -0.3 is 15.5 Å². The third-order valence-electron chi connectivity index (χ3n) is 4.76. The molecule has 1 unspecified atom stereocenters. The lowest BCUT2D eigenvalue weighted by atomic mass is 9.87. The lowest BCUT2D eigenvalue weighted by Gasteiger charge is -2.44. The first-order valence-corrected chi connectivity index (χ1v) is 7.84. The molecular weight excluding hydrogens is 246 g/mol. The zero-order valence-electron chi connectivity index (χ0n) is 13.2. The van der Waals surface area contributed by atoms with E-state index in [1.165, 1.54) is 30.6 Å². The molecule has 0 spiro atoms. The molecule has 2 rings (SSSR count). The monoisotopic (exact) mass is 275 g/mol. The van der Waals surface area contributed by atoms with E-state index in [4.69, 9.17) is 5.73 Å². The minimum absolute atomic E-state index is 0.120. The van der Waals surface area contributed by atoms with Crippen LogP contribution in [0.15, 0.2) is 24.3 Å². The van der Waals surface area contributed by atoms with Crippen molar-refractivity contribution in [3.05, 3.63) is 29.8 Å². The van der Waals surface area contributed by atoms with Crippen molar-refractivity contribution >= 4 is 5.69 Å². The summed E-state index contributed by atoms with van der Waals surface area (Å²) in [5.41, 5.74) is 8.98. The smallest absolute Gasteiger partial charge is 0.0536 e. The second kappa shape index (κ2) is 6.59. The van der Waals surface area contributed by atoms with E-state index in [1.54, 1.807) is 0 Å². The highest BCUT2D eigenvalue weighted by atomic mass is 15.2. The van der Waals surface area contributed by atoms with Gasteiger partial charge in [0.25, 0.3) is 0 Å². The molecule has 1 fully saturated rings. The number of anilines is 1. The average Bonchev–Trinajstić information content (AvgIpc) is 2.65. The molecule has 112 valence electrons. The fraction of sp³-hybridized carbons (Fsp3) is 0.647. The van der Waals surface area contributed by atoms with Gasteiger partial charge in [0.2, 0.25) is 0 Å². The maximum Gasteiger partial charge on any atom is 0.0536 e. The number of likely N-dealkylation sites (tertiary alicyclic amines) is 1. The summed E-state index contributed by atoms with van der Waals surface area (Å²) in [5, 5.41) is 0. The van der Waals surface area contributed by atoms with Crippen molar-refractivity contribution in [1.29, 1.82) is 0 Å². The Balaban J connectivity index is 2.28. The third kappa shape index (κ3) is 3.15. The van der Waals surface area contributed by atoms with Crippen molar-refractivity contribution in [3.63, 3.8) is 0 Å². The molecule has 0 saturated carbocycles. The van der Waals surface area contributed by atoms with Crippen LogP contribution in [0.3, 0.4) is 0 Å². The number of hydrogen-bond donors (Lipinski definition) is 1. The Bertz CT molecular complexity index is 415. The van der Waals surface area contributed by atoms with E-state index in [0.29, 0.717) is 0 Å². The third-order valence-corrected chi connectivity index (χ3v) is 4.76. The summed E-state index contributed by atoms with van der Waals surface area (Å²) in [6, 6.07) is 8.88. The zero-order valence-corrected chi connectivity index (χ0v) is 13.2. The lowest BCUT2D eigenvalue weighted by molar-refractivity contribution is 0.319. The van der Waals surface area contributed by atoms with Crippen molar-refractivity contribution in [2.75, 3.05) is 38.1 Å². The van der Waals surface area contributed by atoms with Gasteiger partial charge in [-0.1, -0.05) is 17.7 Å². The predicted octanol–water partition coefficient (Wildman–Crippen LogP) is 2.63. The highest BCUT2D eigenvalue weighted by Crippen LogP contribution is 2.32. The molecule has 0 amide bonds. The summed E-state index contributed by atoms with van der Waals surface area (Å²) in [6.45, 7) is 8.46. The number of aryl methyl sites for hydroxylation is 1. The number of hydrogen-bond acceptors (Lipinski definition) is 3. The average molecular weight is 275 g/mol. The van der Waals surface area contributed by atoms with Gasteiger partial charge in [-0.2, -0.15) is 0 Å². The van der Waals surface area contributed by atoms with E-state index >= 15 is 0 Å². The lowest BCUT2D eigenvalue weighted by Crippen LogP contribution is -2.54. The van der Waals surface area contributed by atoms with Gasteiger partial charge in [-0.15, -0.1) is 0 Å². The van der Waals surface area contributed by atoms with Gasteiger partial charge >= 0.3 is 0 Å². The Morgan fingerprint density at radius 3 is 2.50 bits per heavy atom. The Labute approximate surface area is 123 Å². The van der Waals surface area contributed by atoms with Gasteiger partial charge in [0.05, 0.1) is 5.54 Å². The molecule has 1 atom stereocenters. The summed E-state index contributed by atoms with van der Waals surface area (Å²) in [5.74, 6) is 0. The van der Waals surface area contributed by atoms with Crippen LogP contribution in [-0.4, -0.2) is 43.7 Å². The number of benzene rings is 1. The fourth-order valence-electron chi connectivity index (χ4n) is 3.41. The van der Waals surface area contributed by atoms with Gasteiger partial charge in [0.1, 0.15) is 0 Å². The molecule has 1 aromatic carbocycles. The molecule has 1 aromatic rings. The highest BCUT2D eigenvalue weighted by molar-refractivity contribution is 5.50. The van der Waals surface area contributed by atoms with Crippen LogP contribution in [0.4, 0.5) is 5.69 Å². The quantitative estimate of drug-likeness (QED) is 0.917. The van der Waals surface area contributed by atoms with Crippen LogP contribution < -0.4 is 10.6 Å². The molecule has 1 heterocycles. The largest absolute Gasteiger partial charge is 0.365 e. The fourth-order valence-corrected chi connectivity index (χ4v) is 3.41. The van der Waals surface area contributed by atoms with E-state index in [1.807, 2.05) is 0 Å². The Kier molecular flexibility index (Phi) is 5.06. The van der Waals surface area contributed by atoms with Crippen molar-refractivity contribution in [2.45, 2.75) is 38.6 Å². The first-order chi connectivity index (χ1) is 9.61. The maximum atomic E-state index is 6.24. The summed E-state index contributed by atoms with van der Waals surface area (Å²) in [6.07, 6.45) is 3.58. The predicted molar refractivity (Wildman–Crippen MR) is 87.3 cm³/mol. The SMILES string of the molecule is CCN(c1ccc(C)cc1)C1(CN)CCCN(C)CC1. The van der Waals surface area contributed by atoms with Gasteiger partial charge in [-0.3, -0.25) is 0 Å². The van der Waals surface area contributed by atoms with Crippen LogP contribution in [0.25, 0.3) is 0 Å². The molecule has 20 heavy (non-hydrogen) atoms. The van der Waals surface area contributed by atoms with Crippen LogP contribution >= 0.6 is 0 Å². The van der Waals surface area contributed by atoms with Gasteiger partial charge in [-0.05, 0) is 58.8 Å². The topological polar surface area (TPSA) is 32.5 Å². The molecule has 1 aliphatic heterocycles. The second-order valence-electron chi connectivity index (χ2n) is 6.17. The van der Waals surface area contributed by atoms with Gasteiger partial charge in [0.15, 0.2) is 0 Å². The molecule has 1 saturated heterocycles. The normalized spacial score (nSPS) is 24.4. The first kappa shape index (κ1) is 15.3. The van der Waals surface area contributed by atoms with Crippen LogP contribution in [-0.2, 0) is 0 Å². The van der Waals surface area contributed by atoms with E-state index in [2.05, 4.69) is 55.0 Å². The van der Waals surface area contributed by atoms with Crippen molar-refractivity contribution in [3.8, 4) is 0 Å². The summed E-state index contributed by atoms with van der Waals surface area (Å²) >= 11 is 0. The van der Waals surface area contributed by atoms with Crippen molar-refractivity contribution in [1.82, 2.24) is 4.90 Å². The van der Waals surface area contributed by atoms with E-state index in [-0.39, 0.29) is 5.54 Å². The first-order valence-electron chi connectivity index (χ1n) is 7.84. The standard InChI is InChI=1S/C17H29N3/c1-4-20(16-8-6-15(2)7-9-16)17(14-18)10-5-12-19(3)13-11-17/h6-9H,4-5,10-14,18H2,1-3H3. The number of likely N-dealkylation sites (N-methyl/N-ethyl adjacent to an activating group) is 1. The summed E-state index contributed by atoms with van der Waals surface area (Å²) in [7, 11) is 2.22. The summed E-state index contributed by atoms with van der Waals surface area (Å²) < 4.78 is 0. The van der Waals surface area contributed by atoms with Gasteiger partial charge in [0, 0.05) is 25.3 Å². The number of nitrogens with zero attached hydrogens (tertiary/aromatic N) is 2. The minimum atomic E-state index is 0.120. The maximum absolute atomic E-state index is 6.24.